The van der Waals surface area contributed by atoms with Crippen molar-refractivity contribution in [1.82, 2.24) is 15.5 Å². The summed E-state index contributed by atoms with van der Waals surface area (Å²) in [5.41, 5.74) is 3.05. The van der Waals surface area contributed by atoms with E-state index in [4.69, 9.17) is 4.74 Å². The molecule has 0 saturated heterocycles. The van der Waals surface area contributed by atoms with E-state index in [0.717, 1.165) is 19.6 Å². The number of rotatable bonds is 7. The van der Waals surface area contributed by atoms with E-state index in [1.165, 1.54) is 43.4 Å². The molecular weight excluding hydrogens is 250 g/mol. The smallest absolute Gasteiger partial charge is 0.0661 e. The van der Waals surface area contributed by atoms with Crippen molar-refractivity contribution in [2.24, 2.45) is 5.41 Å². The van der Waals surface area contributed by atoms with Gasteiger partial charge in [0.05, 0.1) is 12.3 Å². The van der Waals surface area contributed by atoms with Gasteiger partial charge in [0, 0.05) is 23.8 Å². The standard InChI is InChI=1S/C16H27N3O/c1-3-20-15-10-14(16(15)7-5-8-16)17-9-4-6-13-11-18-19-12(13)2/h11,14-15,17H,3-10H2,1-2H3,(H,18,19). The van der Waals surface area contributed by atoms with Crippen LogP contribution in [0.4, 0.5) is 0 Å². The zero-order valence-corrected chi connectivity index (χ0v) is 12.7. The average Bonchev–Trinajstić information content (AvgIpc) is 2.75. The minimum Gasteiger partial charge on any atom is -0.378 e. The third-order valence-electron chi connectivity index (χ3n) is 5.39. The molecule has 3 rings (SSSR count). The Balaban J connectivity index is 1.40. The summed E-state index contributed by atoms with van der Waals surface area (Å²) in [6, 6.07) is 0.693. The molecular formula is C16H27N3O. The van der Waals surface area contributed by atoms with Crippen LogP contribution < -0.4 is 5.32 Å². The average molecular weight is 277 g/mol. The fourth-order valence-corrected chi connectivity index (χ4v) is 3.91. The minimum absolute atomic E-state index is 0.488. The van der Waals surface area contributed by atoms with Gasteiger partial charge in [-0.2, -0.15) is 5.10 Å². The van der Waals surface area contributed by atoms with Crippen LogP contribution in [0.15, 0.2) is 6.20 Å². The zero-order valence-electron chi connectivity index (χ0n) is 12.7. The van der Waals surface area contributed by atoms with Crippen molar-refractivity contribution in [3.05, 3.63) is 17.5 Å². The fraction of sp³-hybridized carbons (Fsp3) is 0.812. The largest absolute Gasteiger partial charge is 0.378 e. The molecule has 0 amide bonds. The number of nitrogens with zero attached hydrogens (tertiary/aromatic N) is 1. The first-order valence-electron chi connectivity index (χ1n) is 8.10. The Bertz CT molecular complexity index is 439. The van der Waals surface area contributed by atoms with Gasteiger partial charge in [-0.1, -0.05) is 6.42 Å². The van der Waals surface area contributed by atoms with E-state index in [2.05, 4.69) is 29.4 Å². The topological polar surface area (TPSA) is 49.9 Å². The highest BCUT2D eigenvalue weighted by Gasteiger charge is 2.58. The summed E-state index contributed by atoms with van der Waals surface area (Å²) < 4.78 is 5.89. The number of H-pyrrole nitrogens is 1. The SMILES string of the molecule is CCOC1CC(NCCCc2cn[nH]c2C)C12CCC2. The van der Waals surface area contributed by atoms with E-state index in [9.17, 15) is 0 Å². The second kappa shape index (κ2) is 5.86. The molecule has 1 spiro atoms. The number of nitrogens with one attached hydrogen (secondary N) is 2. The van der Waals surface area contributed by atoms with Crippen LogP contribution in [-0.2, 0) is 11.2 Å². The van der Waals surface area contributed by atoms with E-state index < -0.39 is 0 Å². The molecule has 2 aliphatic carbocycles. The van der Waals surface area contributed by atoms with Crippen molar-refractivity contribution < 1.29 is 4.74 Å². The van der Waals surface area contributed by atoms with Crippen LogP contribution in [0.3, 0.4) is 0 Å². The number of hydrogen-bond acceptors (Lipinski definition) is 3. The first-order chi connectivity index (χ1) is 9.76. The maximum absolute atomic E-state index is 5.89. The lowest BCUT2D eigenvalue weighted by atomic mass is 9.51. The Morgan fingerprint density at radius 2 is 2.35 bits per heavy atom. The molecule has 1 heterocycles. The molecule has 4 nitrogen and oxygen atoms in total. The van der Waals surface area contributed by atoms with Crippen molar-refractivity contribution in [3.63, 3.8) is 0 Å². The van der Waals surface area contributed by atoms with Gasteiger partial charge < -0.3 is 10.1 Å². The van der Waals surface area contributed by atoms with Crippen molar-refractivity contribution in [1.29, 1.82) is 0 Å². The molecule has 2 unspecified atom stereocenters. The molecule has 20 heavy (non-hydrogen) atoms. The molecule has 2 N–H and O–H groups in total. The van der Waals surface area contributed by atoms with Gasteiger partial charge in [-0.3, -0.25) is 5.10 Å². The summed E-state index contributed by atoms with van der Waals surface area (Å²) in [4.78, 5) is 0. The normalized spacial score (nSPS) is 27.3. The van der Waals surface area contributed by atoms with Crippen LogP contribution in [0.2, 0.25) is 0 Å². The quantitative estimate of drug-likeness (QED) is 0.753. The predicted octanol–water partition coefficient (Wildman–Crippen LogP) is 2.59. The monoisotopic (exact) mass is 277 g/mol. The number of aryl methyl sites for hydroxylation is 2. The third kappa shape index (κ3) is 2.40. The van der Waals surface area contributed by atoms with Crippen LogP contribution in [0, 0.1) is 12.3 Å². The molecule has 112 valence electrons. The van der Waals surface area contributed by atoms with Crippen molar-refractivity contribution in [2.75, 3.05) is 13.2 Å². The van der Waals surface area contributed by atoms with Gasteiger partial charge in [-0.15, -0.1) is 0 Å². The summed E-state index contributed by atoms with van der Waals surface area (Å²) >= 11 is 0. The molecule has 0 bridgehead atoms. The van der Waals surface area contributed by atoms with Crippen LogP contribution in [0.5, 0.6) is 0 Å². The summed E-state index contributed by atoms with van der Waals surface area (Å²) in [6.07, 6.45) is 10.1. The van der Waals surface area contributed by atoms with Gasteiger partial charge in [0.1, 0.15) is 0 Å². The minimum atomic E-state index is 0.488. The molecule has 2 atom stereocenters. The molecule has 2 fully saturated rings. The number of aromatic nitrogens is 2. The Kier molecular flexibility index (Phi) is 4.13. The van der Waals surface area contributed by atoms with E-state index in [1.54, 1.807) is 0 Å². The van der Waals surface area contributed by atoms with E-state index in [0.29, 0.717) is 17.6 Å². The summed E-state index contributed by atoms with van der Waals surface area (Å²) in [6.45, 7) is 6.17. The lowest BCUT2D eigenvalue weighted by Crippen LogP contribution is -2.66. The van der Waals surface area contributed by atoms with Crippen LogP contribution in [0.1, 0.15) is 50.3 Å². The van der Waals surface area contributed by atoms with Gasteiger partial charge in [0.2, 0.25) is 0 Å². The zero-order chi connectivity index (χ0) is 14.0. The molecule has 0 radical (unpaired) electrons. The van der Waals surface area contributed by atoms with E-state index in [1.807, 2.05) is 6.20 Å². The van der Waals surface area contributed by atoms with Crippen LogP contribution >= 0.6 is 0 Å². The molecule has 2 aliphatic rings. The van der Waals surface area contributed by atoms with Gasteiger partial charge in [-0.25, -0.2) is 0 Å². The highest BCUT2D eigenvalue weighted by atomic mass is 16.5. The number of aromatic amines is 1. The lowest BCUT2D eigenvalue weighted by molar-refractivity contribution is -0.172. The Hall–Kier alpha value is -0.870. The number of ether oxygens (including phenoxy) is 1. The molecule has 0 aliphatic heterocycles. The molecule has 1 aromatic heterocycles. The Labute approximate surface area is 121 Å². The molecule has 4 heteroatoms. The fourth-order valence-electron chi connectivity index (χ4n) is 3.91. The van der Waals surface area contributed by atoms with E-state index >= 15 is 0 Å². The molecule has 2 saturated carbocycles. The van der Waals surface area contributed by atoms with Gasteiger partial charge in [0.15, 0.2) is 0 Å². The first kappa shape index (κ1) is 14.1. The van der Waals surface area contributed by atoms with Crippen LogP contribution in [-0.4, -0.2) is 35.5 Å². The molecule has 1 aromatic rings. The van der Waals surface area contributed by atoms with Crippen molar-refractivity contribution in [3.8, 4) is 0 Å². The Morgan fingerprint density at radius 1 is 1.50 bits per heavy atom. The molecule has 0 aromatic carbocycles. The highest BCUT2D eigenvalue weighted by molar-refractivity contribution is 5.14. The summed E-state index contributed by atoms with van der Waals surface area (Å²) in [7, 11) is 0. The second-order valence-electron chi connectivity index (χ2n) is 6.40. The number of hydrogen-bond donors (Lipinski definition) is 2. The maximum Gasteiger partial charge on any atom is 0.0661 e. The van der Waals surface area contributed by atoms with E-state index in [-0.39, 0.29) is 0 Å². The summed E-state index contributed by atoms with van der Waals surface area (Å²) in [5.74, 6) is 0. The Morgan fingerprint density at radius 3 is 2.95 bits per heavy atom. The third-order valence-corrected chi connectivity index (χ3v) is 5.39. The lowest BCUT2D eigenvalue weighted by Gasteiger charge is -2.61. The summed E-state index contributed by atoms with van der Waals surface area (Å²) in [5, 5.41) is 10.9. The van der Waals surface area contributed by atoms with Crippen molar-refractivity contribution in [2.45, 2.75) is 64.5 Å². The van der Waals surface area contributed by atoms with Gasteiger partial charge in [0.25, 0.3) is 0 Å². The van der Waals surface area contributed by atoms with Crippen molar-refractivity contribution >= 4 is 0 Å². The van der Waals surface area contributed by atoms with Gasteiger partial charge in [-0.05, 0) is 58.1 Å². The first-order valence-corrected chi connectivity index (χ1v) is 8.10. The van der Waals surface area contributed by atoms with Gasteiger partial charge >= 0.3 is 0 Å². The highest BCUT2D eigenvalue weighted by Crippen LogP contribution is 2.57. The maximum atomic E-state index is 5.89. The predicted molar refractivity (Wildman–Crippen MR) is 79.8 cm³/mol. The second-order valence-corrected chi connectivity index (χ2v) is 6.40. The van der Waals surface area contributed by atoms with Crippen LogP contribution in [0.25, 0.3) is 0 Å².